The highest BCUT2D eigenvalue weighted by molar-refractivity contribution is 5.97. The smallest absolute Gasteiger partial charge is 0.251 e. The van der Waals surface area contributed by atoms with Gasteiger partial charge in [-0.1, -0.05) is 36.4 Å². The van der Waals surface area contributed by atoms with Crippen LogP contribution in [0.15, 0.2) is 60.8 Å². The van der Waals surface area contributed by atoms with Crippen LogP contribution in [-0.4, -0.2) is 29.1 Å². The molecule has 3 aromatic rings. The van der Waals surface area contributed by atoms with Gasteiger partial charge >= 0.3 is 0 Å². The lowest BCUT2D eigenvalue weighted by molar-refractivity contribution is 0.0949. The largest absolute Gasteiger partial charge is 0.396 e. The number of H-pyrrole nitrogens is 1. The number of carbonyl (C=O) groups is 1. The lowest BCUT2D eigenvalue weighted by Crippen LogP contribution is -2.28. The predicted octanol–water partition coefficient (Wildman–Crippen LogP) is 3.06. The number of amides is 1. The van der Waals surface area contributed by atoms with Crippen molar-refractivity contribution in [3.05, 3.63) is 71.9 Å². The third-order valence-corrected chi connectivity index (χ3v) is 4.07. The Morgan fingerprint density at radius 1 is 1.13 bits per heavy atom. The number of carbonyl (C=O) groups excluding carboxylic acids is 1. The molecule has 118 valence electrons. The van der Waals surface area contributed by atoms with Crippen molar-refractivity contribution in [3.8, 4) is 0 Å². The monoisotopic (exact) mass is 308 g/mol. The molecule has 1 amide bonds. The van der Waals surface area contributed by atoms with Crippen LogP contribution in [0.3, 0.4) is 0 Å². The number of aromatic nitrogens is 1. The number of rotatable bonds is 6. The summed E-state index contributed by atoms with van der Waals surface area (Å²) in [7, 11) is 0. The second kappa shape index (κ2) is 7.11. The van der Waals surface area contributed by atoms with E-state index in [-0.39, 0.29) is 18.4 Å². The lowest BCUT2D eigenvalue weighted by atomic mass is 9.96. The highest BCUT2D eigenvalue weighted by Crippen LogP contribution is 2.19. The third kappa shape index (κ3) is 3.60. The highest BCUT2D eigenvalue weighted by Gasteiger charge is 2.13. The summed E-state index contributed by atoms with van der Waals surface area (Å²) in [5.74, 6) is 0.0136. The van der Waals surface area contributed by atoms with E-state index in [4.69, 9.17) is 0 Å². The predicted molar refractivity (Wildman–Crippen MR) is 91.5 cm³/mol. The Morgan fingerprint density at radius 3 is 2.74 bits per heavy atom. The fourth-order valence-corrected chi connectivity index (χ4v) is 2.77. The normalized spacial score (nSPS) is 12.2. The van der Waals surface area contributed by atoms with Gasteiger partial charge < -0.3 is 15.4 Å². The molecule has 0 saturated heterocycles. The van der Waals surface area contributed by atoms with Crippen LogP contribution >= 0.6 is 0 Å². The molecule has 0 radical (unpaired) electrons. The molecule has 2 aromatic carbocycles. The number of aliphatic hydroxyl groups is 1. The number of hydrogen-bond acceptors (Lipinski definition) is 2. The lowest BCUT2D eigenvalue weighted by Gasteiger charge is -2.17. The van der Waals surface area contributed by atoms with E-state index < -0.39 is 0 Å². The van der Waals surface area contributed by atoms with Crippen molar-refractivity contribution in [2.45, 2.75) is 12.3 Å². The van der Waals surface area contributed by atoms with Crippen molar-refractivity contribution in [2.75, 3.05) is 13.2 Å². The first-order valence-electron chi connectivity index (χ1n) is 7.79. The Labute approximate surface area is 135 Å². The zero-order valence-electron chi connectivity index (χ0n) is 12.8. The van der Waals surface area contributed by atoms with Crippen molar-refractivity contribution < 1.29 is 9.90 Å². The number of fused-ring (bicyclic) bond motifs is 1. The van der Waals surface area contributed by atoms with E-state index >= 15 is 0 Å². The fraction of sp³-hybridized carbons (Fsp3) is 0.211. The van der Waals surface area contributed by atoms with Crippen LogP contribution in [0.25, 0.3) is 10.9 Å². The molecule has 3 rings (SSSR count). The summed E-state index contributed by atoms with van der Waals surface area (Å²) in [6.07, 6.45) is 2.49. The summed E-state index contributed by atoms with van der Waals surface area (Å²) in [5.41, 5.74) is 2.71. The summed E-state index contributed by atoms with van der Waals surface area (Å²) in [4.78, 5) is 15.5. The molecular formula is C19H20N2O2. The van der Waals surface area contributed by atoms with Crippen molar-refractivity contribution in [1.82, 2.24) is 10.3 Å². The molecule has 0 fully saturated rings. The van der Waals surface area contributed by atoms with Gasteiger partial charge in [-0.05, 0) is 35.6 Å². The summed E-state index contributed by atoms with van der Waals surface area (Å²) >= 11 is 0. The number of aromatic amines is 1. The Kier molecular flexibility index (Phi) is 4.74. The van der Waals surface area contributed by atoms with Crippen LogP contribution in [-0.2, 0) is 0 Å². The van der Waals surface area contributed by atoms with Crippen LogP contribution in [0.1, 0.15) is 28.3 Å². The molecule has 23 heavy (non-hydrogen) atoms. The summed E-state index contributed by atoms with van der Waals surface area (Å²) in [6.45, 7) is 0.607. The van der Waals surface area contributed by atoms with Crippen LogP contribution in [0, 0.1) is 0 Å². The number of benzene rings is 2. The van der Waals surface area contributed by atoms with Crippen molar-refractivity contribution in [1.29, 1.82) is 0 Å². The average molecular weight is 308 g/mol. The van der Waals surface area contributed by atoms with Gasteiger partial charge in [0.15, 0.2) is 0 Å². The molecule has 1 heterocycles. The maximum atomic E-state index is 12.4. The molecule has 1 aromatic heterocycles. The number of aliphatic hydroxyl groups excluding tert-OH is 1. The molecule has 1 atom stereocenters. The van der Waals surface area contributed by atoms with E-state index in [0.29, 0.717) is 18.5 Å². The maximum Gasteiger partial charge on any atom is 0.251 e. The topological polar surface area (TPSA) is 65.1 Å². The highest BCUT2D eigenvalue weighted by atomic mass is 16.3. The van der Waals surface area contributed by atoms with Crippen LogP contribution in [0.2, 0.25) is 0 Å². The minimum Gasteiger partial charge on any atom is -0.396 e. The average Bonchev–Trinajstić information content (AvgIpc) is 3.06. The van der Waals surface area contributed by atoms with Gasteiger partial charge in [-0.3, -0.25) is 4.79 Å². The van der Waals surface area contributed by atoms with Crippen molar-refractivity contribution >= 4 is 16.8 Å². The molecule has 0 aliphatic rings. The quantitative estimate of drug-likeness (QED) is 0.655. The zero-order chi connectivity index (χ0) is 16.1. The molecule has 1 unspecified atom stereocenters. The standard InChI is InChI=1S/C19H20N2O2/c22-11-9-17(14-4-2-1-3-5-14)13-21-19(23)16-7-6-15-8-10-20-18(15)12-16/h1-8,10,12,17,20,22H,9,11,13H2,(H,21,23). The summed E-state index contributed by atoms with van der Waals surface area (Å²) < 4.78 is 0. The zero-order valence-corrected chi connectivity index (χ0v) is 12.8. The SMILES string of the molecule is O=C(NCC(CCO)c1ccccc1)c1ccc2cc[nH]c2c1. The molecule has 0 aliphatic heterocycles. The van der Waals surface area contributed by atoms with E-state index in [1.54, 1.807) is 0 Å². The van der Waals surface area contributed by atoms with Gasteiger partial charge in [0, 0.05) is 36.3 Å². The third-order valence-electron chi connectivity index (χ3n) is 4.07. The first kappa shape index (κ1) is 15.3. The van der Waals surface area contributed by atoms with Gasteiger partial charge in [0.05, 0.1) is 0 Å². The van der Waals surface area contributed by atoms with E-state index in [1.165, 1.54) is 0 Å². The Balaban J connectivity index is 1.68. The van der Waals surface area contributed by atoms with Crippen molar-refractivity contribution in [3.63, 3.8) is 0 Å². The molecular weight excluding hydrogens is 288 g/mol. The maximum absolute atomic E-state index is 12.4. The summed E-state index contributed by atoms with van der Waals surface area (Å²) in [5, 5.41) is 13.3. The van der Waals surface area contributed by atoms with E-state index in [0.717, 1.165) is 16.5 Å². The molecule has 4 nitrogen and oxygen atoms in total. The first-order chi connectivity index (χ1) is 11.3. The van der Waals surface area contributed by atoms with Gasteiger partial charge in [-0.25, -0.2) is 0 Å². The minimum absolute atomic E-state index is 0.0969. The van der Waals surface area contributed by atoms with Gasteiger partial charge in [-0.15, -0.1) is 0 Å². The first-order valence-corrected chi connectivity index (χ1v) is 7.79. The van der Waals surface area contributed by atoms with Crippen molar-refractivity contribution in [2.24, 2.45) is 0 Å². The van der Waals surface area contributed by atoms with Crippen LogP contribution in [0.5, 0.6) is 0 Å². The van der Waals surface area contributed by atoms with Crippen LogP contribution in [0.4, 0.5) is 0 Å². The molecule has 4 heteroatoms. The summed E-state index contributed by atoms with van der Waals surface area (Å²) in [6, 6.07) is 17.6. The van der Waals surface area contributed by atoms with Gasteiger partial charge in [0.25, 0.3) is 5.91 Å². The van der Waals surface area contributed by atoms with E-state index in [1.807, 2.05) is 60.8 Å². The molecule has 0 aliphatic carbocycles. The minimum atomic E-state index is -0.0969. The van der Waals surface area contributed by atoms with Gasteiger partial charge in [0.1, 0.15) is 0 Å². The van der Waals surface area contributed by atoms with Crippen LogP contribution < -0.4 is 5.32 Å². The Morgan fingerprint density at radius 2 is 1.96 bits per heavy atom. The van der Waals surface area contributed by atoms with Gasteiger partial charge in [-0.2, -0.15) is 0 Å². The van der Waals surface area contributed by atoms with E-state index in [9.17, 15) is 9.90 Å². The number of nitrogens with one attached hydrogen (secondary N) is 2. The van der Waals surface area contributed by atoms with Gasteiger partial charge in [0.2, 0.25) is 0 Å². The van der Waals surface area contributed by atoms with E-state index in [2.05, 4.69) is 10.3 Å². The second-order valence-electron chi connectivity index (χ2n) is 5.61. The molecule has 0 bridgehead atoms. The molecule has 0 spiro atoms. The number of hydrogen-bond donors (Lipinski definition) is 3. The molecule has 0 saturated carbocycles. The Bertz CT molecular complexity index is 780. The Hall–Kier alpha value is -2.59. The second-order valence-corrected chi connectivity index (χ2v) is 5.61. The molecule has 3 N–H and O–H groups in total. The fourth-order valence-electron chi connectivity index (χ4n) is 2.77.